The van der Waals surface area contributed by atoms with Gasteiger partial charge in [0.05, 0.1) is 11.1 Å². The van der Waals surface area contributed by atoms with Crippen molar-refractivity contribution in [1.29, 1.82) is 0 Å². The number of carbonyl (C=O) groups is 2. The number of benzene rings is 2. The predicted octanol–water partition coefficient (Wildman–Crippen LogP) is 3.97. The fraction of sp³-hybridized carbons (Fsp3) is 0.286. The molecule has 0 aliphatic heterocycles. The molecule has 2 aromatic carbocycles. The van der Waals surface area contributed by atoms with Gasteiger partial charge in [0.25, 0.3) is 5.91 Å². The van der Waals surface area contributed by atoms with Crippen LogP contribution in [0.15, 0.2) is 47.6 Å². The molecule has 0 saturated heterocycles. The van der Waals surface area contributed by atoms with Crippen molar-refractivity contribution in [2.24, 2.45) is 5.10 Å². The molecule has 30 heavy (non-hydrogen) atoms. The minimum absolute atomic E-state index is 0.101. The van der Waals surface area contributed by atoms with Gasteiger partial charge in [0.2, 0.25) is 5.91 Å². The number of rotatable bonds is 10. The van der Waals surface area contributed by atoms with E-state index < -0.39 is 22.3 Å². The number of phenols is 1. The largest absolute Gasteiger partial charge is 0.502 e. The highest BCUT2D eigenvalue weighted by molar-refractivity contribution is 5.97. The van der Waals surface area contributed by atoms with E-state index in [1.807, 2.05) is 0 Å². The molecule has 0 unspecified atom stereocenters. The standard InChI is InChI=1S/C21H24N4O5/c1-2-3-4-5-9-20(27)23-17-8-6-7-16(13-17)21(28)24-22-14-15-10-11-19(26)18(12-15)25(29)30/h6-8,10-14,26H,2-5,9H2,1H3,(H,23,27)(H,24,28). The second-order valence-corrected chi connectivity index (χ2v) is 6.64. The molecule has 9 nitrogen and oxygen atoms in total. The maximum Gasteiger partial charge on any atom is 0.311 e. The van der Waals surface area contributed by atoms with E-state index in [0.717, 1.165) is 31.7 Å². The highest BCUT2D eigenvalue weighted by Gasteiger charge is 2.13. The van der Waals surface area contributed by atoms with Gasteiger partial charge in [0, 0.05) is 29.3 Å². The van der Waals surface area contributed by atoms with Crippen molar-refractivity contribution >= 4 is 29.4 Å². The van der Waals surface area contributed by atoms with Gasteiger partial charge in [-0.2, -0.15) is 5.10 Å². The summed E-state index contributed by atoms with van der Waals surface area (Å²) in [5.74, 6) is -1.06. The van der Waals surface area contributed by atoms with Crippen LogP contribution in [0.5, 0.6) is 5.75 Å². The third kappa shape index (κ3) is 7.01. The Hall–Kier alpha value is -3.75. The number of amides is 2. The Balaban J connectivity index is 1.94. The Morgan fingerprint density at radius 1 is 1.17 bits per heavy atom. The summed E-state index contributed by atoms with van der Waals surface area (Å²) in [4.78, 5) is 34.4. The molecule has 0 spiro atoms. The van der Waals surface area contributed by atoms with Crippen LogP contribution in [0.4, 0.5) is 11.4 Å². The minimum Gasteiger partial charge on any atom is -0.502 e. The number of hydrogen-bond acceptors (Lipinski definition) is 6. The van der Waals surface area contributed by atoms with Gasteiger partial charge >= 0.3 is 5.69 Å². The van der Waals surface area contributed by atoms with Crippen LogP contribution >= 0.6 is 0 Å². The van der Waals surface area contributed by atoms with Crippen molar-refractivity contribution in [3.8, 4) is 5.75 Å². The van der Waals surface area contributed by atoms with E-state index in [1.54, 1.807) is 24.3 Å². The van der Waals surface area contributed by atoms with E-state index in [1.165, 1.54) is 18.3 Å². The first-order valence-electron chi connectivity index (χ1n) is 9.61. The number of nitrogens with one attached hydrogen (secondary N) is 2. The van der Waals surface area contributed by atoms with E-state index in [2.05, 4.69) is 22.8 Å². The van der Waals surface area contributed by atoms with Crippen LogP contribution in [0.25, 0.3) is 0 Å². The lowest BCUT2D eigenvalue weighted by molar-refractivity contribution is -0.385. The Morgan fingerprint density at radius 2 is 1.97 bits per heavy atom. The number of hydrogen-bond donors (Lipinski definition) is 3. The first-order valence-corrected chi connectivity index (χ1v) is 9.61. The Labute approximate surface area is 174 Å². The summed E-state index contributed by atoms with van der Waals surface area (Å²) in [7, 11) is 0. The summed E-state index contributed by atoms with van der Waals surface area (Å²) >= 11 is 0. The zero-order valence-corrected chi connectivity index (χ0v) is 16.6. The maximum atomic E-state index is 12.3. The van der Waals surface area contributed by atoms with Crippen molar-refractivity contribution in [2.75, 3.05) is 5.32 Å². The minimum atomic E-state index is -0.713. The number of nitrogens with zero attached hydrogens (tertiary/aromatic N) is 2. The average Bonchev–Trinajstić information content (AvgIpc) is 2.72. The molecule has 0 aliphatic rings. The number of unbranched alkanes of at least 4 members (excludes halogenated alkanes) is 3. The number of aromatic hydroxyl groups is 1. The van der Waals surface area contributed by atoms with Crippen molar-refractivity contribution in [3.63, 3.8) is 0 Å². The molecule has 0 radical (unpaired) electrons. The quantitative estimate of drug-likeness (QED) is 0.235. The topological polar surface area (TPSA) is 134 Å². The van der Waals surface area contributed by atoms with Gasteiger partial charge in [-0.3, -0.25) is 19.7 Å². The van der Waals surface area contributed by atoms with E-state index in [0.29, 0.717) is 23.2 Å². The molecule has 2 rings (SSSR count). The lowest BCUT2D eigenvalue weighted by atomic mass is 10.1. The first kappa shape index (κ1) is 22.5. The fourth-order valence-electron chi connectivity index (χ4n) is 2.67. The summed E-state index contributed by atoms with van der Waals surface area (Å²) in [6.45, 7) is 2.11. The van der Waals surface area contributed by atoms with Gasteiger partial charge < -0.3 is 10.4 Å². The summed E-state index contributed by atoms with van der Waals surface area (Å²) in [5.41, 5.74) is 3.02. The fourth-order valence-corrected chi connectivity index (χ4v) is 2.67. The molecule has 0 saturated carbocycles. The number of phenolic OH excluding ortho intramolecular Hbond substituents is 1. The van der Waals surface area contributed by atoms with Crippen molar-refractivity contribution in [3.05, 3.63) is 63.7 Å². The van der Waals surface area contributed by atoms with Gasteiger partial charge in [-0.25, -0.2) is 5.43 Å². The van der Waals surface area contributed by atoms with Crippen LogP contribution in [0, 0.1) is 10.1 Å². The summed E-state index contributed by atoms with van der Waals surface area (Å²) in [6.07, 6.45) is 5.69. The molecule has 3 N–H and O–H groups in total. The van der Waals surface area contributed by atoms with Gasteiger partial charge in [-0.05, 0) is 36.8 Å². The number of nitro benzene ring substituents is 1. The SMILES string of the molecule is CCCCCCC(=O)Nc1cccc(C(=O)NN=Cc2ccc(O)c([N+](=O)[O-])c2)c1. The van der Waals surface area contributed by atoms with E-state index in [9.17, 15) is 24.8 Å². The normalized spacial score (nSPS) is 10.7. The molecule has 0 heterocycles. The second kappa shape index (κ2) is 11.3. The number of anilines is 1. The van der Waals surface area contributed by atoms with Crippen LogP contribution in [0.1, 0.15) is 54.9 Å². The smallest absolute Gasteiger partial charge is 0.311 e. The highest BCUT2D eigenvalue weighted by Crippen LogP contribution is 2.25. The van der Waals surface area contributed by atoms with Gasteiger partial charge in [0.1, 0.15) is 0 Å². The van der Waals surface area contributed by atoms with Gasteiger partial charge in [-0.1, -0.05) is 32.3 Å². The van der Waals surface area contributed by atoms with Crippen molar-refractivity contribution < 1.29 is 19.6 Å². The first-order chi connectivity index (χ1) is 14.4. The Kier molecular flexibility index (Phi) is 8.49. The van der Waals surface area contributed by atoms with Gasteiger partial charge in [-0.15, -0.1) is 0 Å². The zero-order chi connectivity index (χ0) is 21.9. The molecule has 2 aromatic rings. The predicted molar refractivity (Wildman–Crippen MR) is 114 cm³/mol. The highest BCUT2D eigenvalue weighted by atomic mass is 16.6. The molecular formula is C21H24N4O5. The molecular weight excluding hydrogens is 388 g/mol. The monoisotopic (exact) mass is 412 g/mol. The molecule has 0 aromatic heterocycles. The summed E-state index contributed by atoms with van der Waals surface area (Å²) in [6, 6.07) is 10.2. The summed E-state index contributed by atoms with van der Waals surface area (Å²) in [5, 5.41) is 26.8. The third-order valence-electron chi connectivity index (χ3n) is 4.24. The van der Waals surface area contributed by atoms with Crippen LogP contribution in [-0.4, -0.2) is 28.1 Å². The van der Waals surface area contributed by atoms with Crippen LogP contribution < -0.4 is 10.7 Å². The number of nitro groups is 1. The lowest BCUT2D eigenvalue weighted by Crippen LogP contribution is -2.18. The van der Waals surface area contributed by atoms with E-state index in [4.69, 9.17) is 0 Å². The van der Waals surface area contributed by atoms with Crippen LogP contribution in [0.2, 0.25) is 0 Å². The second-order valence-electron chi connectivity index (χ2n) is 6.64. The zero-order valence-electron chi connectivity index (χ0n) is 16.6. The summed E-state index contributed by atoms with van der Waals surface area (Å²) < 4.78 is 0. The Morgan fingerprint density at radius 3 is 2.70 bits per heavy atom. The van der Waals surface area contributed by atoms with Gasteiger partial charge in [0.15, 0.2) is 5.75 Å². The van der Waals surface area contributed by atoms with Crippen LogP contribution in [0.3, 0.4) is 0 Å². The third-order valence-corrected chi connectivity index (χ3v) is 4.24. The average molecular weight is 412 g/mol. The van der Waals surface area contributed by atoms with Crippen LogP contribution in [-0.2, 0) is 4.79 Å². The maximum absolute atomic E-state index is 12.3. The molecule has 9 heteroatoms. The van der Waals surface area contributed by atoms with Crippen molar-refractivity contribution in [2.45, 2.75) is 39.0 Å². The molecule has 0 atom stereocenters. The number of hydrazone groups is 1. The van der Waals surface area contributed by atoms with E-state index in [-0.39, 0.29) is 5.91 Å². The molecule has 0 fully saturated rings. The Bertz CT molecular complexity index is 943. The molecule has 0 bridgehead atoms. The molecule has 0 aliphatic carbocycles. The molecule has 158 valence electrons. The van der Waals surface area contributed by atoms with E-state index >= 15 is 0 Å². The lowest BCUT2D eigenvalue weighted by Gasteiger charge is -2.07. The number of carbonyl (C=O) groups excluding carboxylic acids is 2. The van der Waals surface area contributed by atoms with Crippen molar-refractivity contribution in [1.82, 2.24) is 5.43 Å². The molecule has 2 amide bonds.